The summed E-state index contributed by atoms with van der Waals surface area (Å²) in [6.45, 7) is 4.15. The summed E-state index contributed by atoms with van der Waals surface area (Å²) < 4.78 is 4.92. The molecule has 1 unspecified atom stereocenters. The second-order valence-corrected chi connectivity index (χ2v) is 4.85. The van der Waals surface area contributed by atoms with Gasteiger partial charge in [0.15, 0.2) is 0 Å². The maximum atomic E-state index is 10.8. The zero-order valence-corrected chi connectivity index (χ0v) is 11.5. The first-order valence-electron chi connectivity index (χ1n) is 6.06. The number of nitro groups is 1. The number of nitrogens with zero attached hydrogens (tertiary/aromatic N) is 1. The summed E-state index contributed by atoms with van der Waals surface area (Å²) in [7, 11) is 1.58. The number of anilines is 1. The Morgan fingerprint density at radius 1 is 1.53 bits per heavy atom. The first kappa shape index (κ1) is 15.4. The third-order valence-corrected chi connectivity index (χ3v) is 2.92. The van der Waals surface area contributed by atoms with Crippen LogP contribution in [0.25, 0.3) is 0 Å². The van der Waals surface area contributed by atoms with Crippen molar-refractivity contribution in [3.8, 4) is 0 Å². The fraction of sp³-hybridized carbons (Fsp3) is 0.538. The van der Waals surface area contributed by atoms with Gasteiger partial charge in [-0.3, -0.25) is 10.1 Å². The molecular weight excluding hydrogens is 248 g/mol. The van der Waals surface area contributed by atoms with Crippen molar-refractivity contribution in [1.29, 1.82) is 0 Å². The monoisotopic (exact) mass is 268 g/mol. The van der Waals surface area contributed by atoms with Gasteiger partial charge in [0.1, 0.15) is 0 Å². The standard InChI is InChI=1S/C13H20N2O4/c1-10-4-5-11(8-12(10)15(17)18)14-9-13(2,16)6-7-19-3/h4-5,8,14,16H,6-7,9H2,1-3H3. The molecule has 1 rings (SSSR count). The van der Waals surface area contributed by atoms with Crippen LogP contribution in [-0.4, -0.2) is 35.9 Å². The summed E-state index contributed by atoms with van der Waals surface area (Å²) in [5, 5.41) is 23.9. The third-order valence-electron chi connectivity index (χ3n) is 2.92. The van der Waals surface area contributed by atoms with E-state index in [1.807, 2.05) is 0 Å². The molecule has 0 bridgehead atoms. The SMILES string of the molecule is COCCC(C)(O)CNc1ccc(C)c([N+](=O)[O-])c1. The van der Waals surface area contributed by atoms with Gasteiger partial charge < -0.3 is 15.2 Å². The Labute approximate surface area is 112 Å². The highest BCUT2D eigenvalue weighted by molar-refractivity contribution is 5.55. The number of methoxy groups -OCH3 is 1. The highest BCUT2D eigenvalue weighted by Gasteiger charge is 2.20. The van der Waals surface area contributed by atoms with E-state index >= 15 is 0 Å². The lowest BCUT2D eigenvalue weighted by molar-refractivity contribution is -0.385. The Hall–Kier alpha value is -1.66. The number of aliphatic hydroxyl groups is 1. The average molecular weight is 268 g/mol. The molecule has 19 heavy (non-hydrogen) atoms. The predicted octanol–water partition coefficient (Wildman–Crippen LogP) is 2.10. The molecule has 6 nitrogen and oxygen atoms in total. The van der Waals surface area contributed by atoms with Crippen LogP contribution in [0.1, 0.15) is 18.9 Å². The van der Waals surface area contributed by atoms with Gasteiger partial charge in [-0.1, -0.05) is 6.07 Å². The fourth-order valence-electron chi connectivity index (χ4n) is 1.62. The molecular formula is C13H20N2O4. The van der Waals surface area contributed by atoms with Gasteiger partial charge in [-0.2, -0.15) is 0 Å². The summed E-state index contributed by atoms with van der Waals surface area (Å²) in [5.41, 5.74) is 0.383. The molecule has 0 saturated heterocycles. The molecule has 0 saturated carbocycles. The van der Waals surface area contributed by atoms with Gasteiger partial charge in [-0.05, 0) is 19.9 Å². The summed E-state index contributed by atoms with van der Waals surface area (Å²) in [5.74, 6) is 0. The third kappa shape index (κ3) is 4.84. The van der Waals surface area contributed by atoms with Crippen LogP contribution in [-0.2, 0) is 4.74 Å². The quantitative estimate of drug-likeness (QED) is 0.584. The van der Waals surface area contributed by atoms with Crippen molar-refractivity contribution in [2.75, 3.05) is 25.6 Å². The second-order valence-electron chi connectivity index (χ2n) is 4.85. The lowest BCUT2D eigenvalue weighted by atomic mass is 10.0. The molecule has 1 aromatic carbocycles. The van der Waals surface area contributed by atoms with Crippen molar-refractivity contribution in [2.45, 2.75) is 25.9 Å². The topological polar surface area (TPSA) is 84.6 Å². The minimum absolute atomic E-state index is 0.0709. The molecule has 0 spiro atoms. The molecule has 0 aromatic heterocycles. The zero-order chi connectivity index (χ0) is 14.5. The second kappa shape index (κ2) is 6.49. The Morgan fingerprint density at radius 2 is 2.21 bits per heavy atom. The summed E-state index contributed by atoms with van der Waals surface area (Å²) in [4.78, 5) is 10.4. The first-order valence-corrected chi connectivity index (χ1v) is 6.06. The van der Waals surface area contributed by atoms with Crippen molar-refractivity contribution in [3.05, 3.63) is 33.9 Å². The first-order chi connectivity index (χ1) is 8.85. The molecule has 0 radical (unpaired) electrons. The number of hydrogen-bond acceptors (Lipinski definition) is 5. The molecule has 0 aliphatic heterocycles. The van der Waals surface area contributed by atoms with Crippen molar-refractivity contribution >= 4 is 11.4 Å². The number of nitrogens with one attached hydrogen (secondary N) is 1. The number of ether oxygens (including phenoxy) is 1. The van der Waals surface area contributed by atoms with Crippen LogP contribution in [0.15, 0.2) is 18.2 Å². The van der Waals surface area contributed by atoms with E-state index in [-0.39, 0.29) is 5.69 Å². The molecule has 1 aromatic rings. The molecule has 6 heteroatoms. The number of benzene rings is 1. The molecule has 0 amide bonds. The lowest BCUT2D eigenvalue weighted by Gasteiger charge is -2.23. The van der Waals surface area contributed by atoms with Crippen LogP contribution in [0.3, 0.4) is 0 Å². The van der Waals surface area contributed by atoms with Crippen molar-refractivity contribution < 1.29 is 14.8 Å². The Bertz CT molecular complexity index is 446. The maximum Gasteiger partial charge on any atom is 0.274 e. The van der Waals surface area contributed by atoms with Crippen LogP contribution in [0.5, 0.6) is 0 Å². The Balaban J connectivity index is 2.68. The average Bonchev–Trinajstić information content (AvgIpc) is 2.35. The molecule has 0 heterocycles. The van der Waals surface area contributed by atoms with Crippen molar-refractivity contribution in [2.24, 2.45) is 0 Å². The largest absolute Gasteiger partial charge is 0.388 e. The minimum Gasteiger partial charge on any atom is -0.388 e. The van der Waals surface area contributed by atoms with E-state index in [0.717, 1.165) is 0 Å². The van der Waals surface area contributed by atoms with Crippen LogP contribution in [0.2, 0.25) is 0 Å². The number of aryl methyl sites for hydroxylation is 1. The Kier molecular flexibility index (Phi) is 5.26. The van der Waals surface area contributed by atoms with Crippen LogP contribution in [0, 0.1) is 17.0 Å². The predicted molar refractivity (Wildman–Crippen MR) is 73.4 cm³/mol. The van der Waals surface area contributed by atoms with Crippen LogP contribution >= 0.6 is 0 Å². The van der Waals surface area contributed by atoms with E-state index < -0.39 is 10.5 Å². The molecule has 0 aliphatic rings. The van der Waals surface area contributed by atoms with E-state index in [1.165, 1.54) is 6.07 Å². The molecule has 0 aliphatic carbocycles. The molecule has 1 atom stereocenters. The maximum absolute atomic E-state index is 10.8. The zero-order valence-electron chi connectivity index (χ0n) is 11.5. The molecule has 106 valence electrons. The van der Waals surface area contributed by atoms with Gasteiger partial charge in [-0.25, -0.2) is 0 Å². The normalized spacial score (nSPS) is 13.9. The number of hydrogen-bond donors (Lipinski definition) is 2. The van der Waals surface area contributed by atoms with Gasteiger partial charge in [0.2, 0.25) is 0 Å². The highest BCUT2D eigenvalue weighted by Crippen LogP contribution is 2.23. The summed E-state index contributed by atoms with van der Waals surface area (Å²) in [6.07, 6.45) is 0.491. The van der Waals surface area contributed by atoms with Gasteiger partial charge in [-0.15, -0.1) is 0 Å². The van der Waals surface area contributed by atoms with E-state index in [2.05, 4.69) is 5.32 Å². The number of nitro benzene ring substituents is 1. The fourth-order valence-corrected chi connectivity index (χ4v) is 1.62. The Morgan fingerprint density at radius 3 is 2.79 bits per heavy atom. The smallest absolute Gasteiger partial charge is 0.274 e. The summed E-state index contributed by atoms with van der Waals surface area (Å²) in [6, 6.07) is 4.92. The van der Waals surface area contributed by atoms with Crippen LogP contribution in [0.4, 0.5) is 11.4 Å². The van der Waals surface area contributed by atoms with E-state index in [4.69, 9.17) is 4.74 Å². The van der Waals surface area contributed by atoms with Crippen molar-refractivity contribution in [1.82, 2.24) is 0 Å². The van der Waals surface area contributed by atoms with E-state index in [0.29, 0.717) is 30.8 Å². The molecule has 2 N–H and O–H groups in total. The highest BCUT2D eigenvalue weighted by atomic mass is 16.6. The van der Waals surface area contributed by atoms with E-state index in [1.54, 1.807) is 33.1 Å². The van der Waals surface area contributed by atoms with Gasteiger partial charge in [0, 0.05) is 44.0 Å². The van der Waals surface area contributed by atoms with Crippen molar-refractivity contribution in [3.63, 3.8) is 0 Å². The number of rotatable bonds is 7. The summed E-state index contributed by atoms with van der Waals surface area (Å²) >= 11 is 0. The van der Waals surface area contributed by atoms with Gasteiger partial charge in [0.05, 0.1) is 10.5 Å². The van der Waals surface area contributed by atoms with E-state index in [9.17, 15) is 15.2 Å². The van der Waals surface area contributed by atoms with Gasteiger partial charge in [0.25, 0.3) is 5.69 Å². The van der Waals surface area contributed by atoms with Gasteiger partial charge >= 0.3 is 0 Å². The lowest BCUT2D eigenvalue weighted by Crippen LogP contribution is -2.34. The van der Waals surface area contributed by atoms with Crippen LogP contribution < -0.4 is 5.32 Å². The minimum atomic E-state index is -0.921. The molecule has 0 fully saturated rings.